The second kappa shape index (κ2) is 6.10. The molecule has 2 aromatic rings. The molecule has 1 aromatic heterocycles. The third-order valence-electron chi connectivity index (χ3n) is 2.76. The first-order chi connectivity index (χ1) is 8.63. The van der Waals surface area contributed by atoms with E-state index in [1.54, 1.807) is 4.80 Å². The molecule has 18 heavy (non-hydrogen) atoms. The van der Waals surface area contributed by atoms with E-state index >= 15 is 0 Å². The molecule has 6 heteroatoms. The number of halogens is 3. The molecule has 1 aromatic carbocycles. The molecule has 0 N–H and O–H groups in total. The highest BCUT2D eigenvalue weighted by Gasteiger charge is 2.14. The lowest BCUT2D eigenvalue weighted by Crippen LogP contribution is -2.01. The molecule has 0 atom stereocenters. The topological polar surface area (TPSA) is 30.7 Å². The van der Waals surface area contributed by atoms with Crippen LogP contribution in [0.3, 0.4) is 0 Å². The fourth-order valence-electron chi connectivity index (χ4n) is 1.79. The molecule has 0 spiro atoms. The maximum absolute atomic E-state index is 13.5. The third kappa shape index (κ3) is 2.91. The van der Waals surface area contributed by atoms with E-state index in [0.717, 1.165) is 13.0 Å². The SMILES string of the molecule is CCCCCCn1nc2c(Br)cc(F)c(Br)c2n1. The summed E-state index contributed by atoms with van der Waals surface area (Å²) in [6.07, 6.45) is 4.65. The van der Waals surface area contributed by atoms with Gasteiger partial charge in [0.15, 0.2) is 0 Å². The van der Waals surface area contributed by atoms with Gasteiger partial charge in [-0.25, -0.2) is 4.39 Å². The molecule has 0 radical (unpaired) electrons. The lowest BCUT2D eigenvalue weighted by atomic mass is 10.2. The van der Waals surface area contributed by atoms with Crippen LogP contribution in [-0.2, 0) is 6.54 Å². The Morgan fingerprint density at radius 1 is 1.17 bits per heavy atom. The Bertz CT molecular complexity index is 554. The number of fused-ring (bicyclic) bond motifs is 1. The Hall–Kier alpha value is -0.490. The van der Waals surface area contributed by atoms with Crippen molar-refractivity contribution in [3.05, 3.63) is 20.8 Å². The van der Waals surface area contributed by atoms with Crippen LogP contribution in [0.1, 0.15) is 32.6 Å². The number of hydrogen-bond acceptors (Lipinski definition) is 2. The molecular weight excluding hydrogens is 365 g/mol. The molecule has 0 aliphatic heterocycles. The van der Waals surface area contributed by atoms with Crippen LogP contribution in [0.2, 0.25) is 0 Å². The number of aryl methyl sites for hydroxylation is 1. The lowest BCUT2D eigenvalue weighted by molar-refractivity contribution is 0.495. The molecule has 0 unspecified atom stereocenters. The molecule has 2 rings (SSSR count). The van der Waals surface area contributed by atoms with Gasteiger partial charge in [0.2, 0.25) is 0 Å². The van der Waals surface area contributed by atoms with E-state index in [1.165, 1.54) is 25.3 Å². The van der Waals surface area contributed by atoms with Gasteiger partial charge in [-0.3, -0.25) is 0 Å². The third-order valence-corrected chi connectivity index (χ3v) is 4.12. The number of hydrogen-bond donors (Lipinski definition) is 0. The standard InChI is InChI=1S/C12H14Br2FN3/c1-2-3-4-5-6-18-16-11-8(13)7-9(15)10(14)12(11)17-18/h7H,2-6H2,1H3. The van der Waals surface area contributed by atoms with Gasteiger partial charge in [-0.2, -0.15) is 15.0 Å². The van der Waals surface area contributed by atoms with Gasteiger partial charge in [0, 0.05) is 0 Å². The molecule has 98 valence electrons. The van der Waals surface area contributed by atoms with Crippen molar-refractivity contribution in [1.82, 2.24) is 15.0 Å². The van der Waals surface area contributed by atoms with Crippen molar-refractivity contribution in [3.63, 3.8) is 0 Å². The maximum atomic E-state index is 13.5. The van der Waals surface area contributed by atoms with E-state index in [-0.39, 0.29) is 5.82 Å². The normalized spacial score (nSPS) is 11.3. The summed E-state index contributed by atoms with van der Waals surface area (Å²) in [7, 11) is 0. The van der Waals surface area contributed by atoms with Crippen molar-refractivity contribution in [2.24, 2.45) is 0 Å². The van der Waals surface area contributed by atoms with E-state index in [2.05, 4.69) is 49.0 Å². The van der Waals surface area contributed by atoms with Gasteiger partial charge >= 0.3 is 0 Å². The Morgan fingerprint density at radius 2 is 1.89 bits per heavy atom. The second-order valence-corrected chi connectivity index (χ2v) is 5.86. The zero-order chi connectivity index (χ0) is 13.1. The minimum Gasteiger partial charge on any atom is -0.206 e. The second-order valence-electron chi connectivity index (χ2n) is 4.21. The van der Waals surface area contributed by atoms with Crippen molar-refractivity contribution in [3.8, 4) is 0 Å². The van der Waals surface area contributed by atoms with Crippen LogP contribution in [0.25, 0.3) is 11.0 Å². The van der Waals surface area contributed by atoms with Crippen LogP contribution >= 0.6 is 31.9 Å². The highest BCUT2D eigenvalue weighted by Crippen LogP contribution is 2.30. The number of benzene rings is 1. The number of aromatic nitrogens is 3. The molecule has 0 fully saturated rings. The van der Waals surface area contributed by atoms with E-state index in [0.29, 0.717) is 20.0 Å². The minimum absolute atomic E-state index is 0.326. The van der Waals surface area contributed by atoms with E-state index in [1.807, 2.05) is 0 Å². The summed E-state index contributed by atoms with van der Waals surface area (Å²) >= 11 is 6.52. The summed E-state index contributed by atoms with van der Waals surface area (Å²) in [5.74, 6) is -0.326. The number of nitrogens with zero attached hydrogens (tertiary/aromatic N) is 3. The first-order valence-corrected chi connectivity index (χ1v) is 7.60. The molecule has 0 saturated heterocycles. The van der Waals surface area contributed by atoms with Crippen molar-refractivity contribution in [1.29, 1.82) is 0 Å². The first kappa shape index (κ1) is 13.9. The number of unbranched alkanes of at least 4 members (excludes halogenated alkanes) is 3. The van der Waals surface area contributed by atoms with Gasteiger partial charge in [-0.1, -0.05) is 26.2 Å². The lowest BCUT2D eigenvalue weighted by Gasteiger charge is -1.98. The molecular formula is C12H14Br2FN3. The van der Waals surface area contributed by atoms with Crippen molar-refractivity contribution < 1.29 is 4.39 Å². The van der Waals surface area contributed by atoms with Gasteiger partial charge in [0.25, 0.3) is 0 Å². The monoisotopic (exact) mass is 377 g/mol. The summed E-state index contributed by atoms with van der Waals surface area (Å²) in [6, 6.07) is 1.41. The summed E-state index contributed by atoms with van der Waals surface area (Å²) in [6.45, 7) is 2.95. The van der Waals surface area contributed by atoms with Crippen molar-refractivity contribution in [2.75, 3.05) is 0 Å². The Morgan fingerprint density at radius 3 is 2.61 bits per heavy atom. The van der Waals surface area contributed by atoms with Crippen LogP contribution in [0, 0.1) is 5.82 Å². The molecule has 0 aliphatic carbocycles. The van der Waals surface area contributed by atoms with Gasteiger partial charge in [-0.05, 0) is 44.3 Å². The smallest absolute Gasteiger partial charge is 0.140 e. The maximum Gasteiger partial charge on any atom is 0.140 e. The predicted molar refractivity (Wildman–Crippen MR) is 77.0 cm³/mol. The Labute approximate surface area is 122 Å². The summed E-state index contributed by atoms with van der Waals surface area (Å²) in [4.78, 5) is 1.65. The molecule has 0 saturated carbocycles. The Kier molecular flexibility index (Phi) is 4.72. The Balaban J connectivity index is 2.22. The summed E-state index contributed by atoms with van der Waals surface area (Å²) in [5.41, 5.74) is 1.26. The first-order valence-electron chi connectivity index (χ1n) is 6.01. The van der Waals surface area contributed by atoms with Gasteiger partial charge in [0.05, 0.1) is 15.5 Å². The molecule has 3 nitrogen and oxygen atoms in total. The van der Waals surface area contributed by atoms with Crippen LogP contribution < -0.4 is 0 Å². The fraction of sp³-hybridized carbons (Fsp3) is 0.500. The van der Waals surface area contributed by atoms with Gasteiger partial charge in [-0.15, -0.1) is 0 Å². The minimum atomic E-state index is -0.326. The summed E-state index contributed by atoms with van der Waals surface area (Å²) < 4.78 is 14.5. The van der Waals surface area contributed by atoms with Crippen LogP contribution in [0.15, 0.2) is 15.0 Å². The average molecular weight is 379 g/mol. The molecule has 0 bridgehead atoms. The zero-order valence-corrected chi connectivity index (χ0v) is 13.3. The average Bonchev–Trinajstić information content (AvgIpc) is 2.77. The highest BCUT2D eigenvalue weighted by atomic mass is 79.9. The quantitative estimate of drug-likeness (QED) is 0.558. The molecule has 1 heterocycles. The predicted octanol–water partition coefficient (Wildman–Crippen LogP) is 4.68. The largest absolute Gasteiger partial charge is 0.206 e. The van der Waals surface area contributed by atoms with Gasteiger partial charge < -0.3 is 0 Å². The van der Waals surface area contributed by atoms with Crippen molar-refractivity contribution in [2.45, 2.75) is 39.2 Å². The molecule has 0 amide bonds. The zero-order valence-electron chi connectivity index (χ0n) is 10.1. The van der Waals surface area contributed by atoms with E-state index in [9.17, 15) is 4.39 Å². The molecule has 0 aliphatic rings. The van der Waals surface area contributed by atoms with E-state index in [4.69, 9.17) is 0 Å². The highest BCUT2D eigenvalue weighted by molar-refractivity contribution is 9.11. The number of rotatable bonds is 5. The van der Waals surface area contributed by atoms with Gasteiger partial charge in [0.1, 0.15) is 16.9 Å². The fourth-order valence-corrected chi connectivity index (χ4v) is 2.64. The van der Waals surface area contributed by atoms with Crippen molar-refractivity contribution >= 4 is 42.9 Å². The van der Waals surface area contributed by atoms with E-state index < -0.39 is 0 Å². The summed E-state index contributed by atoms with van der Waals surface area (Å²) in [5, 5.41) is 8.69. The van der Waals surface area contributed by atoms with Crippen LogP contribution in [-0.4, -0.2) is 15.0 Å². The van der Waals surface area contributed by atoms with Crippen LogP contribution in [0.5, 0.6) is 0 Å². The van der Waals surface area contributed by atoms with Crippen LogP contribution in [0.4, 0.5) is 4.39 Å².